The minimum absolute atomic E-state index is 0.725. The standard InChI is InChI=1S/C16H14Cl2N2S/c17-12-5-6-15(13(9-12)16-19-7-8-20-16)21-10-11-3-1-2-4-14(11)18/h1-6,9H,7-8,10H2,(H,19,20). The molecule has 5 heteroatoms. The SMILES string of the molecule is Clc1ccc(SCc2ccccc2Cl)c(C2=NCCN2)c1. The van der Waals surface area contributed by atoms with Crippen molar-refractivity contribution in [1.29, 1.82) is 0 Å². The second-order valence-electron chi connectivity index (χ2n) is 4.68. The molecule has 0 aromatic heterocycles. The topological polar surface area (TPSA) is 24.4 Å². The average Bonchev–Trinajstić information content (AvgIpc) is 3.01. The fraction of sp³-hybridized carbons (Fsp3) is 0.188. The highest BCUT2D eigenvalue weighted by molar-refractivity contribution is 7.98. The molecule has 1 aliphatic heterocycles. The van der Waals surface area contributed by atoms with Gasteiger partial charge in [-0.25, -0.2) is 0 Å². The summed E-state index contributed by atoms with van der Waals surface area (Å²) < 4.78 is 0. The highest BCUT2D eigenvalue weighted by Gasteiger charge is 2.14. The van der Waals surface area contributed by atoms with Crippen molar-refractivity contribution in [3.8, 4) is 0 Å². The normalized spacial score (nSPS) is 13.9. The van der Waals surface area contributed by atoms with Crippen molar-refractivity contribution in [2.24, 2.45) is 4.99 Å². The van der Waals surface area contributed by atoms with Crippen LogP contribution in [0.3, 0.4) is 0 Å². The summed E-state index contributed by atoms with van der Waals surface area (Å²) in [5.74, 6) is 1.75. The Labute approximate surface area is 138 Å². The summed E-state index contributed by atoms with van der Waals surface area (Å²) in [6, 6.07) is 13.8. The first kappa shape index (κ1) is 14.8. The third-order valence-corrected chi connectivity index (χ3v) is 4.94. The average molecular weight is 337 g/mol. The minimum Gasteiger partial charge on any atom is -0.368 e. The van der Waals surface area contributed by atoms with Crippen molar-refractivity contribution in [1.82, 2.24) is 5.32 Å². The van der Waals surface area contributed by atoms with Crippen LogP contribution in [0.1, 0.15) is 11.1 Å². The Morgan fingerprint density at radius 2 is 2.00 bits per heavy atom. The number of nitrogens with one attached hydrogen (secondary N) is 1. The van der Waals surface area contributed by atoms with Gasteiger partial charge in [-0.2, -0.15) is 0 Å². The molecule has 1 aliphatic rings. The molecule has 0 fully saturated rings. The number of amidine groups is 1. The predicted molar refractivity (Wildman–Crippen MR) is 91.9 cm³/mol. The molecule has 3 rings (SSSR count). The van der Waals surface area contributed by atoms with Crippen molar-refractivity contribution in [3.05, 3.63) is 63.6 Å². The van der Waals surface area contributed by atoms with Gasteiger partial charge in [-0.05, 0) is 29.8 Å². The Kier molecular flexibility index (Phi) is 4.73. The van der Waals surface area contributed by atoms with Gasteiger partial charge < -0.3 is 5.32 Å². The molecule has 2 aromatic rings. The van der Waals surface area contributed by atoms with E-state index in [4.69, 9.17) is 23.2 Å². The lowest BCUT2D eigenvalue weighted by Crippen LogP contribution is -2.20. The maximum absolute atomic E-state index is 6.21. The summed E-state index contributed by atoms with van der Waals surface area (Å²) in [6.07, 6.45) is 0. The summed E-state index contributed by atoms with van der Waals surface area (Å²) in [5, 5.41) is 4.83. The van der Waals surface area contributed by atoms with E-state index in [9.17, 15) is 0 Å². The van der Waals surface area contributed by atoms with E-state index in [1.54, 1.807) is 11.8 Å². The Morgan fingerprint density at radius 3 is 2.76 bits per heavy atom. The number of rotatable bonds is 4. The van der Waals surface area contributed by atoms with Gasteiger partial charge in [0, 0.05) is 32.8 Å². The number of aliphatic imine (C=N–C) groups is 1. The zero-order valence-corrected chi connectivity index (χ0v) is 13.6. The van der Waals surface area contributed by atoms with Crippen molar-refractivity contribution >= 4 is 40.8 Å². The minimum atomic E-state index is 0.725. The van der Waals surface area contributed by atoms with E-state index in [1.807, 2.05) is 36.4 Å². The highest BCUT2D eigenvalue weighted by Crippen LogP contribution is 2.31. The zero-order chi connectivity index (χ0) is 14.7. The molecule has 0 radical (unpaired) electrons. The molecule has 1 heterocycles. The van der Waals surface area contributed by atoms with Crippen LogP contribution in [0.4, 0.5) is 0 Å². The Hall–Kier alpha value is -1.16. The van der Waals surface area contributed by atoms with Gasteiger partial charge in [0.1, 0.15) is 5.84 Å². The van der Waals surface area contributed by atoms with Gasteiger partial charge in [0.05, 0.1) is 6.54 Å². The molecule has 0 atom stereocenters. The van der Waals surface area contributed by atoms with Crippen LogP contribution in [0.5, 0.6) is 0 Å². The van der Waals surface area contributed by atoms with Gasteiger partial charge >= 0.3 is 0 Å². The maximum Gasteiger partial charge on any atom is 0.129 e. The van der Waals surface area contributed by atoms with E-state index < -0.39 is 0 Å². The van der Waals surface area contributed by atoms with Crippen molar-refractivity contribution in [2.75, 3.05) is 13.1 Å². The van der Waals surface area contributed by atoms with Crippen molar-refractivity contribution < 1.29 is 0 Å². The van der Waals surface area contributed by atoms with E-state index in [0.29, 0.717) is 0 Å². The molecule has 0 saturated heterocycles. The van der Waals surface area contributed by atoms with Crippen LogP contribution < -0.4 is 5.32 Å². The van der Waals surface area contributed by atoms with E-state index in [1.165, 1.54) is 0 Å². The first-order valence-corrected chi connectivity index (χ1v) is 8.42. The van der Waals surface area contributed by atoms with E-state index in [2.05, 4.69) is 16.4 Å². The van der Waals surface area contributed by atoms with Gasteiger partial charge in [0.25, 0.3) is 0 Å². The molecule has 0 amide bonds. The van der Waals surface area contributed by atoms with Gasteiger partial charge in [0.15, 0.2) is 0 Å². The first-order chi connectivity index (χ1) is 10.2. The second kappa shape index (κ2) is 6.73. The fourth-order valence-electron chi connectivity index (χ4n) is 2.16. The lowest BCUT2D eigenvalue weighted by molar-refractivity contribution is 0.959. The molecule has 1 N–H and O–H groups in total. The third kappa shape index (κ3) is 3.54. The lowest BCUT2D eigenvalue weighted by Gasteiger charge is -2.11. The highest BCUT2D eigenvalue weighted by atomic mass is 35.5. The number of hydrogen-bond donors (Lipinski definition) is 1. The zero-order valence-electron chi connectivity index (χ0n) is 11.3. The summed E-state index contributed by atoms with van der Waals surface area (Å²) in [5.41, 5.74) is 2.20. The molecule has 0 saturated carbocycles. The lowest BCUT2D eigenvalue weighted by atomic mass is 10.2. The third-order valence-electron chi connectivity index (χ3n) is 3.21. The number of thioether (sulfide) groups is 1. The Morgan fingerprint density at radius 1 is 1.14 bits per heavy atom. The van der Waals surface area contributed by atoms with Crippen molar-refractivity contribution in [2.45, 2.75) is 10.6 Å². The summed E-state index contributed by atoms with van der Waals surface area (Å²) in [6.45, 7) is 1.70. The van der Waals surface area contributed by atoms with Crippen LogP contribution in [0, 0.1) is 0 Å². The van der Waals surface area contributed by atoms with Crippen LogP contribution in [-0.2, 0) is 5.75 Å². The van der Waals surface area contributed by atoms with Crippen LogP contribution in [0.15, 0.2) is 52.4 Å². The Balaban J connectivity index is 1.84. The van der Waals surface area contributed by atoms with Crippen LogP contribution in [-0.4, -0.2) is 18.9 Å². The number of hydrogen-bond acceptors (Lipinski definition) is 3. The quantitative estimate of drug-likeness (QED) is 0.822. The van der Waals surface area contributed by atoms with E-state index >= 15 is 0 Å². The largest absolute Gasteiger partial charge is 0.368 e. The van der Waals surface area contributed by atoms with Crippen LogP contribution in [0.25, 0.3) is 0 Å². The molecule has 2 nitrogen and oxygen atoms in total. The molecule has 0 aliphatic carbocycles. The molecule has 0 unspecified atom stereocenters. The van der Waals surface area contributed by atoms with Crippen molar-refractivity contribution in [3.63, 3.8) is 0 Å². The first-order valence-electron chi connectivity index (χ1n) is 6.68. The molecule has 21 heavy (non-hydrogen) atoms. The van der Waals surface area contributed by atoms with E-state index in [-0.39, 0.29) is 0 Å². The molecule has 108 valence electrons. The maximum atomic E-state index is 6.21. The van der Waals surface area contributed by atoms with E-state index in [0.717, 1.165) is 50.7 Å². The van der Waals surface area contributed by atoms with Crippen LogP contribution in [0.2, 0.25) is 10.0 Å². The van der Waals surface area contributed by atoms with Gasteiger partial charge in [-0.15, -0.1) is 11.8 Å². The van der Waals surface area contributed by atoms with Gasteiger partial charge in [-0.3, -0.25) is 4.99 Å². The van der Waals surface area contributed by atoms with Crippen LogP contribution >= 0.6 is 35.0 Å². The smallest absolute Gasteiger partial charge is 0.129 e. The Bertz CT molecular complexity index is 686. The summed E-state index contributed by atoms with van der Waals surface area (Å²) in [7, 11) is 0. The summed E-state index contributed by atoms with van der Waals surface area (Å²) >= 11 is 14.1. The molecule has 0 bridgehead atoms. The predicted octanol–water partition coefficient (Wildman–Crippen LogP) is 4.64. The number of halogens is 2. The number of benzene rings is 2. The molecular formula is C16H14Cl2N2S. The molecule has 2 aromatic carbocycles. The van der Waals surface area contributed by atoms with Gasteiger partial charge in [0.2, 0.25) is 0 Å². The number of nitrogens with zero attached hydrogens (tertiary/aromatic N) is 1. The summed E-state index contributed by atoms with van der Waals surface area (Å²) in [4.78, 5) is 5.65. The van der Waals surface area contributed by atoms with Gasteiger partial charge in [-0.1, -0.05) is 41.4 Å². The fourth-order valence-corrected chi connectivity index (χ4v) is 3.65. The monoisotopic (exact) mass is 336 g/mol. The molecule has 0 spiro atoms. The molecular weight excluding hydrogens is 323 g/mol. The second-order valence-corrected chi connectivity index (χ2v) is 6.54.